The molecule has 0 aliphatic heterocycles. The van der Waals surface area contributed by atoms with Crippen LogP contribution in [0.3, 0.4) is 0 Å². The zero-order chi connectivity index (χ0) is 13.5. The van der Waals surface area contributed by atoms with Gasteiger partial charge in [0.1, 0.15) is 5.82 Å². The third kappa shape index (κ3) is 5.63. The van der Waals surface area contributed by atoms with E-state index in [1.807, 2.05) is 13.0 Å². The molecule has 1 aromatic carbocycles. The Bertz CT molecular complexity index is 360. The molecule has 0 fully saturated rings. The van der Waals surface area contributed by atoms with E-state index in [4.69, 9.17) is 0 Å². The van der Waals surface area contributed by atoms with E-state index < -0.39 is 0 Å². The van der Waals surface area contributed by atoms with Crippen molar-refractivity contribution in [3.63, 3.8) is 0 Å². The van der Waals surface area contributed by atoms with Crippen molar-refractivity contribution in [2.45, 2.75) is 40.5 Å². The summed E-state index contributed by atoms with van der Waals surface area (Å²) in [5.74, 6) is 1.34. The van der Waals surface area contributed by atoms with Crippen molar-refractivity contribution in [3.05, 3.63) is 35.1 Å². The fourth-order valence-electron chi connectivity index (χ4n) is 2.40. The monoisotopic (exact) mass is 251 g/mol. The molecule has 1 aromatic rings. The second-order valence-corrected chi connectivity index (χ2v) is 5.76. The quantitative estimate of drug-likeness (QED) is 0.724. The molecule has 0 amide bonds. The van der Waals surface area contributed by atoms with Gasteiger partial charge in [-0.05, 0) is 68.0 Å². The highest BCUT2D eigenvalue weighted by Gasteiger charge is 2.05. The highest BCUT2D eigenvalue weighted by Crippen LogP contribution is 2.11. The Hall–Kier alpha value is -0.890. The van der Waals surface area contributed by atoms with Crippen LogP contribution in [0.25, 0.3) is 0 Å². The molecule has 0 saturated heterocycles. The van der Waals surface area contributed by atoms with Crippen molar-refractivity contribution in [1.29, 1.82) is 0 Å². The summed E-state index contributed by atoms with van der Waals surface area (Å²) in [5.41, 5.74) is 2.28. The Labute approximate surface area is 111 Å². The highest BCUT2D eigenvalue weighted by atomic mass is 19.1. The molecule has 18 heavy (non-hydrogen) atoms. The van der Waals surface area contributed by atoms with E-state index in [-0.39, 0.29) is 5.82 Å². The maximum absolute atomic E-state index is 12.9. The van der Waals surface area contributed by atoms with Crippen molar-refractivity contribution in [3.8, 4) is 0 Å². The topological polar surface area (TPSA) is 12.0 Å². The summed E-state index contributed by atoms with van der Waals surface area (Å²) in [5, 5.41) is 3.49. The van der Waals surface area contributed by atoms with E-state index >= 15 is 0 Å². The smallest absolute Gasteiger partial charge is 0.123 e. The Morgan fingerprint density at radius 2 is 1.94 bits per heavy atom. The number of benzene rings is 1. The minimum Gasteiger partial charge on any atom is -0.316 e. The molecule has 0 aromatic heterocycles. The lowest BCUT2D eigenvalue weighted by molar-refractivity contribution is 0.415. The summed E-state index contributed by atoms with van der Waals surface area (Å²) in [7, 11) is 0. The highest BCUT2D eigenvalue weighted by molar-refractivity contribution is 5.26. The molecule has 2 heteroatoms. The van der Waals surface area contributed by atoms with Crippen LogP contribution in [0.5, 0.6) is 0 Å². The molecule has 0 spiro atoms. The molecule has 1 rings (SSSR count). The van der Waals surface area contributed by atoms with Gasteiger partial charge in [-0.1, -0.05) is 26.8 Å². The van der Waals surface area contributed by atoms with Crippen molar-refractivity contribution in [1.82, 2.24) is 5.32 Å². The predicted molar refractivity (Wildman–Crippen MR) is 76.3 cm³/mol. The normalized spacial score (nSPS) is 13.0. The van der Waals surface area contributed by atoms with Gasteiger partial charge in [-0.3, -0.25) is 0 Å². The van der Waals surface area contributed by atoms with Gasteiger partial charge >= 0.3 is 0 Å². The second-order valence-electron chi connectivity index (χ2n) is 5.76. The Morgan fingerprint density at radius 1 is 1.22 bits per heavy atom. The lowest BCUT2D eigenvalue weighted by Crippen LogP contribution is -2.24. The first kappa shape index (κ1) is 15.2. The fraction of sp³-hybridized carbons (Fsp3) is 0.625. The Kier molecular flexibility index (Phi) is 6.34. The first-order valence-corrected chi connectivity index (χ1v) is 6.94. The third-order valence-electron chi connectivity index (χ3n) is 3.24. The first-order valence-electron chi connectivity index (χ1n) is 6.94. The van der Waals surface area contributed by atoms with Gasteiger partial charge in [0.2, 0.25) is 0 Å². The minimum atomic E-state index is -0.144. The molecular formula is C16H26FN. The zero-order valence-corrected chi connectivity index (χ0v) is 12.1. The van der Waals surface area contributed by atoms with E-state index in [2.05, 4.69) is 26.1 Å². The summed E-state index contributed by atoms with van der Waals surface area (Å²) in [4.78, 5) is 0. The average molecular weight is 251 g/mol. The summed E-state index contributed by atoms with van der Waals surface area (Å²) in [6.45, 7) is 10.8. The molecule has 0 bridgehead atoms. The van der Waals surface area contributed by atoms with Crippen LogP contribution < -0.4 is 5.32 Å². The first-order chi connectivity index (χ1) is 8.49. The summed E-state index contributed by atoms with van der Waals surface area (Å²) < 4.78 is 12.9. The molecule has 1 unspecified atom stereocenters. The van der Waals surface area contributed by atoms with Gasteiger partial charge in [-0.2, -0.15) is 0 Å². The van der Waals surface area contributed by atoms with Gasteiger partial charge in [-0.25, -0.2) is 4.39 Å². The van der Waals surface area contributed by atoms with E-state index in [9.17, 15) is 4.39 Å². The SMILES string of the molecule is Cc1cc(F)ccc1CCNCC(C)CC(C)C. The van der Waals surface area contributed by atoms with Gasteiger partial charge in [0.25, 0.3) is 0 Å². The van der Waals surface area contributed by atoms with Gasteiger partial charge in [0, 0.05) is 0 Å². The number of rotatable bonds is 7. The van der Waals surface area contributed by atoms with Crippen molar-refractivity contribution < 1.29 is 4.39 Å². The zero-order valence-electron chi connectivity index (χ0n) is 12.1. The number of aryl methyl sites for hydroxylation is 1. The summed E-state index contributed by atoms with van der Waals surface area (Å²) in [6, 6.07) is 5.05. The number of hydrogen-bond acceptors (Lipinski definition) is 1. The molecule has 0 saturated carbocycles. The Morgan fingerprint density at radius 3 is 2.56 bits per heavy atom. The maximum Gasteiger partial charge on any atom is 0.123 e. The average Bonchev–Trinajstić information content (AvgIpc) is 2.25. The van der Waals surface area contributed by atoms with Crippen LogP contribution in [0.2, 0.25) is 0 Å². The summed E-state index contributed by atoms with van der Waals surface area (Å²) >= 11 is 0. The molecule has 0 radical (unpaired) electrons. The largest absolute Gasteiger partial charge is 0.316 e. The number of hydrogen-bond donors (Lipinski definition) is 1. The standard InChI is InChI=1S/C16H26FN/c1-12(2)9-13(3)11-18-8-7-15-5-6-16(17)10-14(15)4/h5-6,10,12-13,18H,7-9,11H2,1-4H3. The maximum atomic E-state index is 12.9. The molecule has 1 nitrogen and oxygen atoms in total. The van der Waals surface area contributed by atoms with E-state index in [0.717, 1.165) is 36.9 Å². The number of halogens is 1. The van der Waals surface area contributed by atoms with Gasteiger partial charge < -0.3 is 5.32 Å². The van der Waals surface area contributed by atoms with Crippen LogP contribution in [0.4, 0.5) is 4.39 Å². The second kappa shape index (κ2) is 7.52. The van der Waals surface area contributed by atoms with Crippen LogP contribution in [0, 0.1) is 24.6 Å². The van der Waals surface area contributed by atoms with E-state index in [0.29, 0.717) is 0 Å². The lowest BCUT2D eigenvalue weighted by Gasteiger charge is -2.15. The van der Waals surface area contributed by atoms with Crippen molar-refractivity contribution in [2.24, 2.45) is 11.8 Å². The molecule has 0 aliphatic rings. The van der Waals surface area contributed by atoms with Crippen LogP contribution >= 0.6 is 0 Å². The van der Waals surface area contributed by atoms with E-state index in [1.165, 1.54) is 12.0 Å². The predicted octanol–water partition coefficient (Wildman–Crippen LogP) is 3.95. The lowest BCUT2D eigenvalue weighted by atomic mass is 9.99. The van der Waals surface area contributed by atoms with Gasteiger partial charge in [-0.15, -0.1) is 0 Å². The van der Waals surface area contributed by atoms with Crippen LogP contribution in [0.15, 0.2) is 18.2 Å². The molecule has 102 valence electrons. The Balaban J connectivity index is 2.25. The molecule has 0 heterocycles. The number of nitrogens with one attached hydrogen (secondary N) is 1. The molecule has 1 N–H and O–H groups in total. The van der Waals surface area contributed by atoms with Crippen molar-refractivity contribution in [2.75, 3.05) is 13.1 Å². The van der Waals surface area contributed by atoms with Crippen LogP contribution in [-0.4, -0.2) is 13.1 Å². The van der Waals surface area contributed by atoms with Crippen LogP contribution in [0.1, 0.15) is 38.3 Å². The molecular weight excluding hydrogens is 225 g/mol. The molecule has 0 aliphatic carbocycles. The van der Waals surface area contributed by atoms with Crippen LogP contribution in [-0.2, 0) is 6.42 Å². The van der Waals surface area contributed by atoms with Gasteiger partial charge in [0.15, 0.2) is 0 Å². The van der Waals surface area contributed by atoms with Crippen molar-refractivity contribution >= 4 is 0 Å². The fourth-order valence-corrected chi connectivity index (χ4v) is 2.40. The minimum absolute atomic E-state index is 0.144. The van der Waals surface area contributed by atoms with E-state index in [1.54, 1.807) is 12.1 Å². The third-order valence-corrected chi connectivity index (χ3v) is 3.24. The summed E-state index contributed by atoms with van der Waals surface area (Å²) in [6.07, 6.45) is 2.24. The molecule has 1 atom stereocenters. The van der Waals surface area contributed by atoms with Gasteiger partial charge in [0.05, 0.1) is 0 Å².